The molecular formula is C16H20N4O4S. The number of urea groups is 1. The SMILES string of the molecule is COc1cc(CNC(=O)Nc2nnc(C3CC3)s2)cc(OC)c1OC. The Labute approximate surface area is 149 Å². The van der Waals surface area contributed by atoms with Gasteiger partial charge in [-0.1, -0.05) is 11.3 Å². The smallest absolute Gasteiger partial charge is 0.321 e. The molecule has 0 unspecified atom stereocenters. The lowest BCUT2D eigenvalue weighted by molar-refractivity contribution is 0.251. The van der Waals surface area contributed by atoms with E-state index < -0.39 is 0 Å². The van der Waals surface area contributed by atoms with Crippen molar-refractivity contribution in [2.24, 2.45) is 0 Å². The first-order chi connectivity index (χ1) is 12.1. The summed E-state index contributed by atoms with van der Waals surface area (Å²) in [5, 5.41) is 15.1. The number of hydrogen-bond donors (Lipinski definition) is 2. The number of aromatic nitrogens is 2. The molecule has 0 radical (unpaired) electrons. The Balaban J connectivity index is 1.60. The predicted molar refractivity (Wildman–Crippen MR) is 93.8 cm³/mol. The van der Waals surface area contributed by atoms with Crippen LogP contribution < -0.4 is 24.8 Å². The number of hydrogen-bond acceptors (Lipinski definition) is 7. The van der Waals surface area contributed by atoms with Crippen molar-refractivity contribution in [3.05, 3.63) is 22.7 Å². The Morgan fingerprint density at radius 3 is 2.40 bits per heavy atom. The second kappa shape index (κ2) is 7.56. The van der Waals surface area contributed by atoms with Gasteiger partial charge in [0, 0.05) is 12.5 Å². The molecule has 1 aliphatic carbocycles. The number of nitrogens with zero attached hydrogens (tertiary/aromatic N) is 2. The molecule has 1 aromatic heterocycles. The van der Waals surface area contributed by atoms with Gasteiger partial charge in [-0.25, -0.2) is 4.79 Å². The molecule has 3 rings (SSSR count). The molecule has 2 aromatic rings. The van der Waals surface area contributed by atoms with E-state index in [1.807, 2.05) is 0 Å². The maximum Gasteiger partial charge on any atom is 0.321 e. The topological polar surface area (TPSA) is 94.6 Å². The van der Waals surface area contributed by atoms with Crippen molar-refractivity contribution in [1.29, 1.82) is 0 Å². The number of rotatable bonds is 7. The zero-order chi connectivity index (χ0) is 17.8. The van der Waals surface area contributed by atoms with Crippen LogP contribution in [0.3, 0.4) is 0 Å². The lowest BCUT2D eigenvalue weighted by atomic mass is 10.2. The van der Waals surface area contributed by atoms with Gasteiger partial charge in [0.1, 0.15) is 5.01 Å². The third-order valence-corrected chi connectivity index (χ3v) is 4.77. The molecule has 1 saturated carbocycles. The van der Waals surface area contributed by atoms with Crippen LogP contribution in [0.25, 0.3) is 0 Å². The molecule has 0 bridgehead atoms. The van der Waals surface area contributed by atoms with Crippen molar-refractivity contribution in [1.82, 2.24) is 15.5 Å². The van der Waals surface area contributed by atoms with Gasteiger partial charge in [0.25, 0.3) is 0 Å². The van der Waals surface area contributed by atoms with Crippen molar-refractivity contribution in [3.8, 4) is 17.2 Å². The molecule has 0 aliphatic heterocycles. The second-order valence-corrected chi connectivity index (χ2v) is 6.57. The van der Waals surface area contributed by atoms with E-state index in [2.05, 4.69) is 20.8 Å². The highest BCUT2D eigenvalue weighted by Gasteiger charge is 2.27. The summed E-state index contributed by atoms with van der Waals surface area (Å²) in [7, 11) is 4.64. The summed E-state index contributed by atoms with van der Waals surface area (Å²) in [4.78, 5) is 12.0. The number of nitrogens with one attached hydrogen (secondary N) is 2. The molecule has 134 valence electrons. The fourth-order valence-electron chi connectivity index (χ4n) is 2.34. The highest BCUT2D eigenvalue weighted by molar-refractivity contribution is 7.15. The van der Waals surface area contributed by atoms with Crippen molar-refractivity contribution in [2.75, 3.05) is 26.6 Å². The number of carbonyl (C=O) groups is 1. The Hall–Kier alpha value is -2.55. The molecule has 1 aromatic carbocycles. The lowest BCUT2D eigenvalue weighted by Crippen LogP contribution is -2.28. The summed E-state index contributed by atoms with van der Waals surface area (Å²) in [5.41, 5.74) is 0.820. The van der Waals surface area contributed by atoms with E-state index in [4.69, 9.17) is 14.2 Å². The van der Waals surface area contributed by atoms with Crippen molar-refractivity contribution < 1.29 is 19.0 Å². The molecule has 1 heterocycles. The molecule has 0 saturated heterocycles. The fraction of sp³-hybridized carbons (Fsp3) is 0.438. The Morgan fingerprint density at radius 1 is 1.16 bits per heavy atom. The van der Waals surface area contributed by atoms with Crippen LogP contribution in [0.1, 0.15) is 29.3 Å². The van der Waals surface area contributed by atoms with Crippen LogP contribution in [0.5, 0.6) is 17.2 Å². The maximum absolute atomic E-state index is 12.0. The number of amides is 2. The summed E-state index contributed by atoms with van der Waals surface area (Å²) in [6.45, 7) is 0.302. The molecule has 9 heteroatoms. The third-order valence-electron chi connectivity index (χ3n) is 3.77. The first-order valence-corrected chi connectivity index (χ1v) is 8.63. The fourth-order valence-corrected chi connectivity index (χ4v) is 3.25. The second-order valence-electron chi connectivity index (χ2n) is 5.56. The van der Waals surface area contributed by atoms with Crippen molar-refractivity contribution >= 4 is 22.5 Å². The summed E-state index contributed by atoms with van der Waals surface area (Å²) < 4.78 is 15.9. The molecular weight excluding hydrogens is 344 g/mol. The molecule has 1 fully saturated rings. The zero-order valence-corrected chi connectivity index (χ0v) is 15.1. The number of ether oxygens (including phenoxy) is 3. The van der Waals surface area contributed by atoms with Gasteiger partial charge in [-0.15, -0.1) is 10.2 Å². The van der Waals surface area contributed by atoms with E-state index in [0.29, 0.717) is 34.8 Å². The first kappa shape index (κ1) is 17.3. The number of benzene rings is 1. The molecule has 0 atom stereocenters. The monoisotopic (exact) mass is 364 g/mol. The van der Waals surface area contributed by atoms with Gasteiger partial charge in [0.15, 0.2) is 11.5 Å². The van der Waals surface area contributed by atoms with Crippen LogP contribution in [0.4, 0.5) is 9.93 Å². The molecule has 2 N–H and O–H groups in total. The first-order valence-electron chi connectivity index (χ1n) is 7.81. The lowest BCUT2D eigenvalue weighted by Gasteiger charge is -2.14. The van der Waals surface area contributed by atoms with Crippen molar-refractivity contribution in [2.45, 2.75) is 25.3 Å². The quantitative estimate of drug-likeness (QED) is 0.784. The number of carbonyl (C=O) groups excluding carboxylic acids is 1. The van der Waals surface area contributed by atoms with E-state index in [1.165, 1.54) is 11.3 Å². The average molecular weight is 364 g/mol. The van der Waals surface area contributed by atoms with Gasteiger partial charge < -0.3 is 19.5 Å². The predicted octanol–water partition coefficient (Wildman–Crippen LogP) is 2.76. The molecule has 0 spiro atoms. The van der Waals surface area contributed by atoms with Gasteiger partial charge in [0.2, 0.25) is 10.9 Å². The molecule has 25 heavy (non-hydrogen) atoms. The van der Waals surface area contributed by atoms with Crippen LogP contribution in [-0.4, -0.2) is 37.6 Å². The summed E-state index contributed by atoms with van der Waals surface area (Å²) in [6, 6.07) is 3.24. The largest absolute Gasteiger partial charge is 0.493 e. The molecule has 2 amide bonds. The van der Waals surface area contributed by atoms with Crippen LogP contribution >= 0.6 is 11.3 Å². The van der Waals surface area contributed by atoms with Gasteiger partial charge in [-0.2, -0.15) is 0 Å². The van der Waals surface area contributed by atoms with Gasteiger partial charge in [-0.3, -0.25) is 5.32 Å². The highest BCUT2D eigenvalue weighted by Crippen LogP contribution is 2.42. The normalized spacial score (nSPS) is 13.2. The minimum absolute atomic E-state index is 0.302. The van der Waals surface area contributed by atoms with E-state index >= 15 is 0 Å². The Morgan fingerprint density at radius 2 is 1.84 bits per heavy atom. The minimum Gasteiger partial charge on any atom is -0.493 e. The third kappa shape index (κ3) is 4.11. The summed E-state index contributed by atoms with van der Waals surface area (Å²) >= 11 is 1.42. The average Bonchev–Trinajstić information content (AvgIpc) is 3.38. The standard InChI is InChI=1S/C16H20N4O4S/c1-22-11-6-9(7-12(23-2)13(11)24-3)8-17-15(21)18-16-20-19-14(25-16)10-4-5-10/h6-7,10H,4-5,8H2,1-3H3,(H2,17,18,20,21). The van der Waals surface area contributed by atoms with E-state index in [1.54, 1.807) is 33.5 Å². The van der Waals surface area contributed by atoms with E-state index in [9.17, 15) is 4.79 Å². The zero-order valence-electron chi connectivity index (χ0n) is 14.3. The molecule has 1 aliphatic rings. The highest BCUT2D eigenvalue weighted by atomic mass is 32.1. The number of anilines is 1. The van der Waals surface area contributed by atoms with Gasteiger partial charge in [-0.05, 0) is 30.5 Å². The Kier molecular flexibility index (Phi) is 5.22. The van der Waals surface area contributed by atoms with Gasteiger partial charge in [0.05, 0.1) is 21.3 Å². The van der Waals surface area contributed by atoms with Crippen LogP contribution in [0.2, 0.25) is 0 Å². The summed E-state index contributed by atoms with van der Waals surface area (Å²) in [6.07, 6.45) is 2.31. The Bertz CT molecular complexity index is 735. The van der Waals surface area contributed by atoms with Crippen LogP contribution in [0, 0.1) is 0 Å². The maximum atomic E-state index is 12.0. The van der Waals surface area contributed by atoms with Crippen molar-refractivity contribution in [3.63, 3.8) is 0 Å². The van der Waals surface area contributed by atoms with E-state index in [-0.39, 0.29) is 6.03 Å². The summed E-state index contributed by atoms with van der Waals surface area (Å²) in [5.74, 6) is 2.12. The molecule has 8 nitrogen and oxygen atoms in total. The van der Waals surface area contributed by atoms with Gasteiger partial charge >= 0.3 is 6.03 Å². The van der Waals surface area contributed by atoms with Crippen LogP contribution in [0.15, 0.2) is 12.1 Å². The van der Waals surface area contributed by atoms with Crippen LogP contribution in [-0.2, 0) is 6.54 Å². The number of methoxy groups -OCH3 is 3. The van der Waals surface area contributed by atoms with E-state index in [0.717, 1.165) is 23.4 Å². The minimum atomic E-state index is -0.341.